The maximum absolute atomic E-state index is 8.15. The average molecular weight is 233 g/mol. The quantitative estimate of drug-likeness (QED) is 0.253. The van der Waals surface area contributed by atoms with Crippen molar-refractivity contribution < 1.29 is 29.7 Å². The average Bonchev–Trinajstić information content (AvgIpc) is 2.17. The van der Waals surface area contributed by atoms with Gasteiger partial charge in [-0.3, -0.25) is 0 Å². The first-order valence-corrected chi connectivity index (χ1v) is 5.15. The second-order valence-corrected chi connectivity index (χ2v) is 3.17. The van der Waals surface area contributed by atoms with E-state index in [4.69, 9.17) is 35.4 Å². The van der Waals surface area contributed by atoms with Gasteiger partial charge in [0.05, 0.1) is 19.8 Å². The first kappa shape index (κ1) is 19.4. The Kier molecular flexibility index (Phi) is 21.2. The zero-order valence-corrected chi connectivity index (χ0v) is 8.60. The van der Waals surface area contributed by atoms with Gasteiger partial charge in [0, 0.05) is 6.54 Å². The largest absolute Gasteiger partial charge is 0.493 e. The minimum Gasteiger partial charge on any atom is -0.395 e. The van der Waals surface area contributed by atoms with Crippen LogP contribution in [0.1, 0.15) is 0 Å². The summed E-state index contributed by atoms with van der Waals surface area (Å²) in [5.41, 5.74) is 4.78. The van der Waals surface area contributed by atoms with E-state index in [-0.39, 0.29) is 19.8 Å². The molecule has 0 aromatic heterocycles. The standard InChI is InChI=1S/C2H9NO4P.C2H7NO.CH2O/c4-2-1-3-8(5,6)7;3-1-2-4;1-2/h3-7H,1-2H2;4H,1-3H2;1H2/q+1;;. The van der Waals surface area contributed by atoms with E-state index < -0.39 is 8.09 Å². The van der Waals surface area contributed by atoms with Crippen LogP contribution in [0.25, 0.3) is 0 Å². The molecule has 0 heterocycles. The van der Waals surface area contributed by atoms with Crippen LogP contribution in [0.5, 0.6) is 0 Å². The van der Waals surface area contributed by atoms with Gasteiger partial charge in [-0.1, -0.05) is 0 Å². The molecule has 0 aromatic rings. The van der Waals surface area contributed by atoms with E-state index >= 15 is 0 Å². The fraction of sp³-hybridized carbons (Fsp3) is 0.800. The summed E-state index contributed by atoms with van der Waals surface area (Å²) in [4.78, 5) is 32.4. The summed E-state index contributed by atoms with van der Waals surface area (Å²) in [6, 6.07) is 0. The summed E-state index contributed by atoms with van der Waals surface area (Å²) >= 11 is 0. The van der Waals surface area contributed by atoms with Gasteiger partial charge in [0.1, 0.15) is 6.79 Å². The minimum atomic E-state index is -3.84. The highest BCUT2D eigenvalue weighted by molar-refractivity contribution is 7.56. The summed E-state index contributed by atoms with van der Waals surface area (Å²) in [5.74, 6) is 0. The number of carbonyl (C=O) groups excluding carboxylic acids is 1. The lowest BCUT2D eigenvalue weighted by Gasteiger charge is -2.00. The summed E-state index contributed by atoms with van der Waals surface area (Å²) in [6.07, 6.45) is 0. The first-order valence-electron chi connectivity index (χ1n) is 3.51. The number of aliphatic hydroxyl groups excluding tert-OH is 2. The van der Waals surface area contributed by atoms with Crippen molar-refractivity contribution in [2.75, 3.05) is 26.3 Å². The van der Waals surface area contributed by atoms with Crippen LogP contribution < -0.4 is 10.8 Å². The lowest BCUT2D eigenvalue weighted by atomic mass is 10.8. The molecule has 0 fully saturated rings. The molecule has 0 aliphatic rings. The second kappa shape index (κ2) is 15.3. The van der Waals surface area contributed by atoms with Gasteiger partial charge in [-0.15, -0.1) is 5.09 Å². The third-order valence-electron chi connectivity index (χ3n) is 0.565. The first-order chi connectivity index (χ1) is 6.47. The number of hydrogen-bond acceptors (Lipinski definition) is 8. The third kappa shape index (κ3) is 40.9. The maximum Gasteiger partial charge on any atom is 0.493 e. The summed E-state index contributed by atoms with van der Waals surface area (Å²) in [5, 5.41) is 17.7. The van der Waals surface area contributed by atoms with Crippen molar-refractivity contribution in [3.63, 3.8) is 0 Å². The van der Waals surface area contributed by atoms with Gasteiger partial charge in [-0.05, 0) is 0 Å². The molecule has 0 radical (unpaired) electrons. The highest BCUT2D eigenvalue weighted by atomic mass is 31.2. The van der Waals surface area contributed by atoms with Gasteiger partial charge < -0.3 is 20.7 Å². The van der Waals surface area contributed by atoms with Crippen molar-refractivity contribution in [2.45, 2.75) is 0 Å². The van der Waals surface area contributed by atoms with E-state index in [1.807, 2.05) is 11.9 Å². The normalized spacial score (nSPS) is 9.29. The van der Waals surface area contributed by atoms with Crippen molar-refractivity contribution in [1.29, 1.82) is 0 Å². The summed E-state index contributed by atoms with van der Waals surface area (Å²) < 4.78 is 0. The topological polar surface area (TPSA) is 156 Å². The van der Waals surface area contributed by atoms with E-state index in [0.717, 1.165) is 0 Å². The van der Waals surface area contributed by atoms with Crippen LogP contribution in [0.15, 0.2) is 0 Å². The molecule has 0 bridgehead atoms. The number of hydrogen-bond donors (Lipinski definition) is 7. The van der Waals surface area contributed by atoms with Crippen LogP contribution in [0, 0.1) is 0 Å². The molecule has 0 unspecified atom stereocenters. The Bertz CT molecular complexity index is 98.7. The molecular formula is C5H18N2O6P+. The molecule has 8 nitrogen and oxygen atoms in total. The molecule has 0 spiro atoms. The van der Waals surface area contributed by atoms with Crippen molar-refractivity contribution >= 4 is 14.9 Å². The summed E-state index contributed by atoms with van der Waals surface area (Å²) in [6.45, 7) is 2.22. The van der Waals surface area contributed by atoms with E-state index in [9.17, 15) is 0 Å². The molecule has 14 heavy (non-hydrogen) atoms. The van der Waals surface area contributed by atoms with E-state index in [1.54, 1.807) is 0 Å². The van der Waals surface area contributed by atoms with Crippen molar-refractivity contribution in [3.8, 4) is 0 Å². The van der Waals surface area contributed by atoms with Crippen LogP contribution in [0.4, 0.5) is 0 Å². The van der Waals surface area contributed by atoms with Gasteiger partial charge in [0.2, 0.25) is 0 Å². The fourth-order valence-corrected chi connectivity index (χ4v) is 0.600. The van der Waals surface area contributed by atoms with Crippen LogP contribution >= 0.6 is 8.09 Å². The molecule has 0 saturated heterocycles. The SMILES string of the molecule is C=O.NCCO.OCCN[P+](O)(O)O. The van der Waals surface area contributed by atoms with Crippen molar-refractivity contribution in [1.82, 2.24) is 5.09 Å². The Labute approximate surface area is 82.6 Å². The van der Waals surface area contributed by atoms with Crippen molar-refractivity contribution in [2.24, 2.45) is 5.73 Å². The predicted molar refractivity (Wildman–Crippen MR) is 51.9 cm³/mol. The third-order valence-corrected chi connectivity index (χ3v) is 1.21. The van der Waals surface area contributed by atoms with Crippen molar-refractivity contribution in [3.05, 3.63) is 0 Å². The van der Waals surface area contributed by atoms with Crippen LogP contribution in [0.3, 0.4) is 0 Å². The molecule has 88 valence electrons. The van der Waals surface area contributed by atoms with Crippen LogP contribution in [-0.4, -0.2) is 58.0 Å². The molecule has 0 saturated carbocycles. The Hall–Kier alpha value is -0.180. The fourth-order valence-electron chi connectivity index (χ4n) is 0.200. The monoisotopic (exact) mass is 233 g/mol. The zero-order valence-electron chi connectivity index (χ0n) is 7.70. The Morgan fingerprint density at radius 3 is 1.57 bits per heavy atom. The molecule has 8 N–H and O–H groups in total. The van der Waals surface area contributed by atoms with Gasteiger partial charge in [0.25, 0.3) is 0 Å². The van der Waals surface area contributed by atoms with Crippen LogP contribution in [-0.2, 0) is 4.79 Å². The Morgan fingerprint density at radius 2 is 1.50 bits per heavy atom. The highest BCUT2D eigenvalue weighted by Crippen LogP contribution is 2.37. The van der Waals surface area contributed by atoms with Gasteiger partial charge in [-0.25, -0.2) is 0 Å². The molecule has 0 aromatic carbocycles. The van der Waals surface area contributed by atoms with E-state index in [0.29, 0.717) is 6.54 Å². The minimum absolute atomic E-state index is 0.0166. The van der Waals surface area contributed by atoms with Gasteiger partial charge >= 0.3 is 8.09 Å². The van der Waals surface area contributed by atoms with Crippen LogP contribution in [0.2, 0.25) is 0 Å². The molecule has 0 amide bonds. The molecular weight excluding hydrogens is 215 g/mol. The maximum atomic E-state index is 8.15. The number of aliphatic hydroxyl groups is 2. The molecule has 0 aliphatic heterocycles. The Balaban J connectivity index is -0.000000170. The highest BCUT2D eigenvalue weighted by Gasteiger charge is 2.28. The van der Waals surface area contributed by atoms with E-state index in [2.05, 4.69) is 0 Å². The number of carbonyl (C=O) groups is 1. The molecule has 9 heteroatoms. The number of nitrogens with one attached hydrogen (secondary N) is 1. The lowest BCUT2D eigenvalue weighted by Crippen LogP contribution is -2.18. The summed E-state index contributed by atoms with van der Waals surface area (Å²) in [7, 11) is -3.84. The number of nitrogens with two attached hydrogens (primary N) is 1. The number of rotatable bonds is 4. The van der Waals surface area contributed by atoms with Gasteiger partial charge in [-0.2, -0.15) is 14.7 Å². The molecule has 0 aliphatic carbocycles. The molecule has 0 rings (SSSR count). The second-order valence-electron chi connectivity index (χ2n) is 1.71. The van der Waals surface area contributed by atoms with Gasteiger partial charge in [0.15, 0.2) is 0 Å². The van der Waals surface area contributed by atoms with E-state index in [1.165, 1.54) is 0 Å². The lowest BCUT2D eigenvalue weighted by molar-refractivity contribution is -0.0980. The predicted octanol–water partition coefficient (Wildman–Crippen LogP) is -3.02. The Morgan fingerprint density at radius 1 is 1.14 bits per heavy atom. The smallest absolute Gasteiger partial charge is 0.395 e. The zero-order chi connectivity index (χ0) is 12.0. The molecule has 0 atom stereocenters.